The molecule has 0 fully saturated rings. The number of hydrogen-bond donors (Lipinski definition) is 2. The van der Waals surface area contributed by atoms with Gasteiger partial charge in [0.2, 0.25) is 5.91 Å². The molecule has 0 bridgehead atoms. The zero-order valence-electron chi connectivity index (χ0n) is 19.0. The molecule has 2 aromatic heterocycles. The van der Waals surface area contributed by atoms with E-state index >= 15 is 0 Å². The normalized spacial score (nSPS) is 13.0. The van der Waals surface area contributed by atoms with Crippen LogP contribution in [0.15, 0.2) is 59.5 Å². The first-order valence-electron chi connectivity index (χ1n) is 11.6. The molecule has 1 aliphatic rings. The monoisotopic (exact) mass is 490 g/mol. The number of carbonyl (C=O) groups is 2. The van der Waals surface area contributed by atoms with Crippen molar-refractivity contribution in [2.75, 3.05) is 17.7 Å². The predicted octanol–water partition coefficient (Wildman–Crippen LogP) is 6.68. The van der Waals surface area contributed by atoms with Crippen LogP contribution < -0.4 is 5.32 Å². The van der Waals surface area contributed by atoms with E-state index in [1.165, 1.54) is 28.0 Å². The topological polar surface area (TPSA) is 71.2 Å². The summed E-state index contributed by atoms with van der Waals surface area (Å²) < 4.78 is 5.31. The number of rotatable bonds is 7. The molecule has 0 spiro atoms. The summed E-state index contributed by atoms with van der Waals surface area (Å²) in [6.45, 7) is 2.12. The molecule has 0 aliphatic heterocycles. The minimum atomic E-state index is -0.340. The van der Waals surface area contributed by atoms with Gasteiger partial charge in [0, 0.05) is 20.7 Å². The maximum Gasteiger partial charge on any atom is 0.341 e. The van der Waals surface area contributed by atoms with E-state index in [0.29, 0.717) is 17.2 Å². The molecule has 1 aliphatic carbocycles. The Morgan fingerprint density at radius 2 is 1.82 bits per heavy atom. The maximum absolute atomic E-state index is 13.0. The molecule has 5 nitrogen and oxygen atoms in total. The molecule has 0 unspecified atom stereocenters. The van der Waals surface area contributed by atoms with E-state index in [1.54, 1.807) is 6.92 Å². The highest BCUT2D eigenvalue weighted by molar-refractivity contribution is 8.00. The molecule has 4 aromatic rings. The SMILES string of the molecule is CCOC(=O)c1c(NC(=O)CSc2c(-c3ccccc3)[nH]c3ccccc23)sc2c1CCCC2. The number of amides is 1. The highest BCUT2D eigenvalue weighted by atomic mass is 32.2. The fourth-order valence-electron chi connectivity index (χ4n) is 4.45. The van der Waals surface area contributed by atoms with E-state index in [4.69, 9.17) is 4.74 Å². The summed E-state index contributed by atoms with van der Waals surface area (Å²) in [5.41, 5.74) is 4.74. The minimum absolute atomic E-state index is 0.126. The molecular formula is C27H26N2O3S2. The van der Waals surface area contributed by atoms with Crippen LogP contribution in [0.2, 0.25) is 0 Å². The first-order chi connectivity index (χ1) is 16.7. The van der Waals surface area contributed by atoms with Crippen LogP contribution in [0, 0.1) is 0 Å². The lowest BCUT2D eigenvalue weighted by atomic mass is 9.95. The second kappa shape index (κ2) is 10.1. The van der Waals surface area contributed by atoms with Gasteiger partial charge in [-0.15, -0.1) is 23.1 Å². The van der Waals surface area contributed by atoms with E-state index in [0.717, 1.165) is 58.3 Å². The Morgan fingerprint density at radius 1 is 1.06 bits per heavy atom. The zero-order valence-corrected chi connectivity index (χ0v) is 20.6. The summed E-state index contributed by atoms with van der Waals surface area (Å²) in [6, 6.07) is 18.3. The Hall–Kier alpha value is -3.03. The average molecular weight is 491 g/mol. The number of esters is 1. The van der Waals surface area contributed by atoms with Crippen LogP contribution in [-0.4, -0.2) is 29.2 Å². The number of benzene rings is 2. The Bertz CT molecular complexity index is 1340. The van der Waals surface area contributed by atoms with Crippen molar-refractivity contribution in [2.45, 2.75) is 37.5 Å². The Morgan fingerprint density at radius 3 is 2.65 bits per heavy atom. The number of para-hydroxylation sites is 1. The van der Waals surface area contributed by atoms with E-state index < -0.39 is 0 Å². The van der Waals surface area contributed by atoms with Gasteiger partial charge in [0.15, 0.2) is 0 Å². The van der Waals surface area contributed by atoms with Crippen LogP contribution in [0.5, 0.6) is 0 Å². The summed E-state index contributed by atoms with van der Waals surface area (Å²) >= 11 is 3.03. The summed E-state index contributed by atoms with van der Waals surface area (Å²) in [5, 5.41) is 4.74. The van der Waals surface area contributed by atoms with Gasteiger partial charge >= 0.3 is 5.97 Å². The number of H-pyrrole nitrogens is 1. The van der Waals surface area contributed by atoms with Crippen molar-refractivity contribution in [1.82, 2.24) is 4.98 Å². The first kappa shape index (κ1) is 22.7. The van der Waals surface area contributed by atoms with Gasteiger partial charge in [-0.3, -0.25) is 4.79 Å². The second-order valence-electron chi connectivity index (χ2n) is 8.21. The number of carbonyl (C=O) groups excluding carboxylic acids is 2. The molecule has 0 radical (unpaired) electrons. The van der Waals surface area contributed by atoms with Crippen LogP contribution in [0.3, 0.4) is 0 Å². The lowest BCUT2D eigenvalue weighted by molar-refractivity contribution is -0.113. The fraction of sp³-hybridized carbons (Fsp3) is 0.259. The van der Waals surface area contributed by atoms with Gasteiger partial charge in [-0.25, -0.2) is 4.79 Å². The lowest BCUT2D eigenvalue weighted by Gasteiger charge is -2.12. The van der Waals surface area contributed by atoms with E-state index in [-0.39, 0.29) is 17.6 Å². The highest BCUT2D eigenvalue weighted by Gasteiger charge is 2.27. The summed E-state index contributed by atoms with van der Waals surface area (Å²) in [5.74, 6) is -0.224. The number of hydrogen-bond acceptors (Lipinski definition) is 5. The van der Waals surface area contributed by atoms with Crippen molar-refractivity contribution in [1.29, 1.82) is 0 Å². The average Bonchev–Trinajstić information content (AvgIpc) is 3.41. The molecule has 2 aromatic carbocycles. The number of fused-ring (bicyclic) bond motifs is 2. The molecular weight excluding hydrogens is 464 g/mol. The number of anilines is 1. The third-order valence-electron chi connectivity index (χ3n) is 5.97. The van der Waals surface area contributed by atoms with Crippen LogP contribution in [-0.2, 0) is 22.4 Å². The van der Waals surface area contributed by atoms with E-state index in [2.05, 4.69) is 28.5 Å². The number of aromatic nitrogens is 1. The molecule has 2 N–H and O–H groups in total. The Balaban J connectivity index is 1.39. The standard InChI is InChI=1S/C27H26N2O3S2/c1-2-32-27(31)23-19-13-7-9-15-21(19)34-26(23)29-22(30)16-33-25-18-12-6-8-14-20(18)28-24(25)17-10-4-3-5-11-17/h3-6,8,10-12,14,28H,2,7,9,13,15-16H2,1H3,(H,29,30). The van der Waals surface area contributed by atoms with E-state index in [1.807, 2.05) is 36.4 Å². The van der Waals surface area contributed by atoms with E-state index in [9.17, 15) is 9.59 Å². The van der Waals surface area contributed by atoms with Gasteiger partial charge in [0.05, 0.1) is 23.6 Å². The number of thiophene rings is 1. The predicted molar refractivity (Wildman–Crippen MR) is 140 cm³/mol. The van der Waals surface area contributed by atoms with Gasteiger partial charge < -0.3 is 15.0 Å². The Labute approximate surface area is 206 Å². The third kappa shape index (κ3) is 4.50. The number of ether oxygens (including phenoxy) is 1. The first-order valence-corrected chi connectivity index (χ1v) is 13.4. The van der Waals surface area contributed by atoms with Gasteiger partial charge in [-0.05, 0) is 49.8 Å². The number of thioether (sulfide) groups is 1. The van der Waals surface area contributed by atoms with Gasteiger partial charge in [0.1, 0.15) is 5.00 Å². The van der Waals surface area contributed by atoms with Crippen molar-refractivity contribution in [3.05, 3.63) is 70.6 Å². The smallest absolute Gasteiger partial charge is 0.341 e. The largest absolute Gasteiger partial charge is 0.462 e. The van der Waals surface area contributed by atoms with Crippen LogP contribution in [0.1, 0.15) is 40.6 Å². The number of aromatic amines is 1. The highest BCUT2D eigenvalue weighted by Crippen LogP contribution is 2.40. The van der Waals surface area contributed by atoms with Gasteiger partial charge in [0.25, 0.3) is 0 Å². The minimum Gasteiger partial charge on any atom is -0.462 e. The summed E-state index contributed by atoms with van der Waals surface area (Å²) in [7, 11) is 0. The Kier molecular flexibility index (Phi) is 6.74. The zero-order chi connectivity index (χ0) is 23.5. The van der Waals surface area contributed by atoms with Crippen LogP contribution >= 0.6 is 23.1 Å². The van der Waals surface area contributed by atoms with Crippen molar-refractivity contribution in [3.63, 3.8) is 0 Å². The van der Waals surface area contributed by atoms with Crippen LogP contribution in [0.25, 0.3) is 22.2 Å². The van der Waals surface area contributed by atoms with Crippen LogP contribution in [0.4, 0.5) is 5.00 Å². The number of nitrogens with one attached hydrogen (secondary N) is 2. The van der Waals surface area contributed by atoms with Crippen molar-refractivity contribution < 1.29 is 14.3 Å². The molecule has 0 saturated carbocycles. The summed E-state index contributed by atoms with van der Waals surface area (Å²) in [6.07, 6.45) is 3.98. The molecule has 34 heavy (non-hydrogen) atoms. The molecule has 7 heteroatoms. The molecule has 2 heterocycles. The second-order valence-corrected chi connectivity index (χ2v) is 10.3. The van der Waals surface area contributed by atoms with Crippen molar-refractivity contribution >= 4 is 50.9 Å². The van der Waals surface area contributed by atoms with Crippen molar-refractivity contribution in [3.8, 4) is 11.3 Å². The fourth-order valence-corrected chi connectivity index (χ4v) is 6.74. The summed E-state index contributed by atoms with van der Waals surface area (Å²) in [4.78, 5) is 31.5. The maximum atomic E-state index is 13.0. The molecule has 5 rings (SSSR count). The lowest BCUT2D eigenvalue weighted by Crippen LogP contribution is -2.17. The molecule has 0 atom stereocenters. The van der Waals surface area contributed by atoms with Gasteiger partial charge in [-0.2, -0.15) is 0 Å². The molecule has 174 valence electrons. The van der Waals surface area contributed by atoms with Gasteiger partial charge in [-0.1, -0.05) is 48.5 Å². The quantitative estimate of drug-likeness (QED) is 0.224. The molecule has 1 amide bonds. The van der Waals surface area contributed by atoms with Crippen molar-refractivity contribution in [2.24, 2.45) is 0 Å². The molecule has 0 saturated heterocycles. The number of aryl methyl sites for hydroxylation is 1. The third-order valence-corrected chi connectivity index (χ3v) is 8.30.